The lowest BCUT2D eigenvalue weighted by Gasteiger charge is -2.44. The molecule has 1 aromatic heterocycles. The van der Waals surface area contributed by atoms with Crippen molar-refractivity contribution in [1.82, 2.24) is 4.90 Å². The van der Waals surface area contributed by atoms with Crippen LogP contribution >= 0.6 is 0 Å². The van der Waals surface area contributed by atoms with Crippen LogP contribution in [0.4, 0.5) is 0 Å². The molecule has 3 heterocycles. The van der Waals surface area contributed by atoms with Crippen molar-refractivity contribution in [2.45, 2.75) is 31.3 Å². The first-order valence-corrected chi connectivity index (χ1v) is 10.3. The molecule has 1 fully saturated rings. The van der Waals surface area contributed by atoms with E-state index < -0.39 is 5.63 Å². The summed E-state index contributed by atoms with van der Waals surface area (Å²) in [5, 5.41) is 0.665. The van der Waals surface area contributed by atoms with E-state index in [1.807, 2.05) is 18.2 Å². The molecular weight excluding hydrogens is 382 g/mol. The number of hydrogen-bond donors (Lipinski definition) is 0. The number of nitrogens with zero attached hydrogens (tertiary/aromatic N) is 1. The predicted octanol–water partition coefficient (Wildman–Crippen LogP) is 3.80. The van der Waals surface area contributed by atoms with E-state index in [0.29, 0.717) is 29.8 Å². The molecule has 30 heavy (non-hydrogen) atoms. The van der Waals surface area contributed by atoms with Crippen LogP contribution in [0.2, 0.25) is 0 Å². The van der Waals surface area contributed by atoms with Gasteiger partial charge in [-0.25, -0.2) is 4.79 Å². The van der Waals surface area contributed by atoms with Crippen LogP contribution in [0.15, 0.2) is 57.7 Å². The van der Waals surface area contributed by atoms with Crippen LogP contribution in [0.25, 0.3) is 11.0 Å². The van der Waals surface area contributed by atoms with Crippen molar-refractivity contribution in [2.24, 2.45) is 0 Å². The van der Waals surface area contributed by atoms with E-state index in [4.69, 9.17) is 13.9 Å². The van der Waals surface area contributed by atoms with Gasteiger partial charge >= 0.3 is 5.63 Å². The molecule has 1 saturated heterocycles. The summed E-state index contributed by atoms with van der Waals surface area (Å²) in [6.07, 6.45) is 3.43. The third kappa shape index (κ3) is 3.12. The minimum atomic E-state index is -0.639. The Balaban J connectivity index is 1.35. The zero-order valence-electron chi connectivity index (χ0n) is 16.8. The van der Waals surface area contributed by atoms with Gasteiger partial charge in [-0.3, -0.25) is 4.79 Å². The van der Waals surface area contributed by atoms with Gasteiger partial charge < -0.3 is 18.8 Å². The summed E-state index contributed by atoms with van der Waals surface area (Å²) >= 11 is 0. The summed E-state index contributed by atoms with van der Waals surface area (Å²) in [7, 11) is 1.52. The number of carbonyl (C=O) groups excluding carboxylic acids is 1. The van der Waals surface area contributed by atoms with Gasteiger partial charge in [-0.1, -0.05) is 30.3 Å². The number of methoxy groups -OCH3 is 1. The van der Waals surface area contributed by atoms with Gasteiger partial charge in [0.05, 0.1) is 7.11 Å². The summed E-state index contributed by atoms with van der Waals surface area (Å²) < 4.78 is 17.0. The quantitative estimate of drug-likeness (QED) is 0.607. The van der Waals surface area contributed by atoms with Crippen molar-refractivity contribution in [1.29, 1.82) is 0 Å². The number of piperidine rings is 1. The molecule has 0 saturated carbocycles. The van der Waals surface area contributed by atoms with Crippen LogP contribution < -0.4 is 15.1 Å². The third-order valence-corrected chi connectivity index (χ3v) is 6.29. The topological polar surface area (TPSA) is 69.0 Å². The molecule has 0 radical (unpaired) electrons. The van der Waals surface area contributed by atoms with Gasteiger partial charge in [0.1, 0.15) is 16.9 Å². The molecule has 2 aliphatic rings. The molecule has 5 rings (SSSR count). The monoisotopic (exact) mass is 405 g/mol. The lowest BCUT2D eigenvalue weighted by molar-refractivity contribution is -0.0107. The lowest BCUT2D eigenvalue weighted by Crippen LogP contribution is -2.51. The van der Waals surface area contributed by atoms with Crippen LogP contribution in [0.3, 0.4) is 0 Å². The second-order valence-corrected chi connectivity index (χ2v) is 8.01. The second-order valence-electron chi connectivity index (χ2n) is 8.01. The van der Waals surface area contributed by atoms with Gasteiger partial charge in [0, 0.05) is 31.3 Å². The molecular formula is C24H23NO5. The summed E-state index contributed by atoms with van der Waals surface area (Å²) in [4.78, 5) is 27.3. The maximum absolute atomic E-state index is 13.1. The highest BCUT2D eigenvalue weighted by molar-refractivity contribution is 5.97. The first-order chi connectivity index (χ1) is 14.6. The van der Waals surface area contributed by atoms with Crippen molar-refractivity contribution in [3.05, 3.63) is 70.1 Å². The fraction of sp³-hybridized carbons (Fsp3) is 0.333. The lowest BCUT2D eigenvalue weighted by atomic mass is 9.83. The molecule has 1 amide bonds. The molecule has 0 atom stereocenters. The Bertz CT molecular complexity index is 1170. The fourth-order valence-electron chi connectivity index (χ4n) is 4.52. The van der Waals surface area contributed by atoms with Gasteiger partial charge in [0.25, 0.3) is 5.91 Å². The zero-order chi connectivity index (χ0) is 20.7. The van der Waals surface area contributed by atoms with Crippen LogP contribution in [-0.4, -0.2) is 36.6 Å². The van der Waals surface area contributed by atoms with Crippen molar-refractivity contribution in [2.75, 3.05) is 20.2 Å². The van der Waals surface area contributed by atoms with E-state index in [2.05, 4.69) is 6.07 Å². The van der Waals surface area contributed by atoms with Gasteiger partial charge in [-0.2, -0.15) is 0 Å². The van der Waals surface area contributed by atoms with Gasteiger partial charge in [-0.15, -0.1) is 0 Å². The Morgan fingerprint density at radius 1 is 1.07 bits per heavy atom. The van der Waals surface area contributed by atoms with Crippen molar-refractivity contribution >= 4 is 16.9 Å². The number of aryl methyl sites for hydroxylation is 1. The average Bonchev–Trinajstić information content (AvgIpc) is 2.78. The van der Waals surface area contributed by atoms with E-state index in [9.17, 15) is 9.59 Å². The van der Waals surface area contributed by atoms with Gasteiger partial charge in [-0.05, 0) is 36.6 Å². The first-order valence-electron chi connectivity index (χ1n) is 10.3. The van der Waals surface area contributed by atoms with Crippen molar-refractivity contribution in [3.8, 4) is 11.5 Å². The van der Waals surface area contributed by atoms with Crippen molar-refractivity contribution < 1.29 is 18.7 Å². The fourth-order valence-corrected chi connectivity index (χ4v) is 4.52. The number of amides is 1. The largest absolute Gasteiger partial charge is 0.493 e. The van der Waals surface area contributed by atoms with E-state index in [1.54, 1.807) is 29.2 Å². The van der Waals surface area contributed by atoms with Crippen LogP contribution in [0.1, 0.15) is 35.2 Å². The molecule has 6 nitrogen and oxygen atoms in total. The molecule has 0 bridgehead atoms. The summed E-state index contributed by atoms with van der Waals surface area (Å²) in [5.74, 6) is 1.13. The van der Waals surface area contributed by atoms with Crippen LogP contribution in [0.5, 0.6) is 11.5 Å². The molecule has 2 aromatic carbocycles. The number of fused-ring (bicyclic) bond motifs is 2. The molecule has 0 N–H and O–H groups in total. The molecule has 0 aliphatic carbocycles. The minimum Gasteiger partial charge on any atom is -0.493 e. The Morgan fingerprint density at radius 3 is 2.67 bits per heavy atom. The number of benzene rings is 2. The van der Waals surface area contributed by atoms with E-state index >= 15 is 0 Å². The first kappa shape index (κ1) is 18.7. The summed E-state index contributed by atoms with van der Waals surface area (Å²) in [5.41, 5.74) is 0.785. The summed E-state index contributed by atoms with van der Waals surface area (Å²) in [6.45, 7) is 1.10. The summed E-state index contributed by atoms with van der Waals surface area (Å²) in [6, 6.07) is 15.1. The van der Waals surface area contributed by atoms with E-state index in [-0.39, 0.29) is 17.1 Å². The molecule has 2 aliphatic heterocycles. The highest BCUT2D eigenvalue weighted by atomic mass is 16.5. The Kier molecular flexibility index (Phi) is 4.50. The van der Waals surface area contributed by atoms with Gasteiger partial charge in [0.15, 0.2) is 11.3 Å². The highest BCUT2D eigenvalue weighted by Gasteiger charge is 2.40. The Labute approximate surface area is 174 Å². The van der Waals surface area contributed by atoms with E-state index in [1.165, 1.54) is 12.7 Å². The standard InChI is InChI=1S/C24H23NO5/c1-28-20-8-4-6-17-15-18(23(27)29-21(17)20)22(26)25-13-11-24(12-14-25)10-9-16-5-2-3-7-19(16)30-24/h2-8,15H,9-14H2,1H3. The number of hydrogen-bond acceptors (Lipinski definition) is 5. The second kappa shape index (κ2) is 7.20. The number of rotatable bonds is 2. The van der Waals surface area contributed by atoms with Crippen LogP contribution in [-0.2, 0) is 6.42 Å². The zero-order valence-corrected chi connectivity index (χ0v) is 16.8. The SMILES string of the molecule is COc1cccc2cc(C(=O)N3CCC4(CCc5ccccc5O4)CC3)c(=O)oc12. The third-order valence-electron chi connectivity index (χ3n) is 6.29. The number of ether oxygens (including phenoxy) is 2. The average molecular weight is 405 g/mol. The number of carbonyl (C=O) groups is 1. The van der Waals surface area contributed by atoms with Crippen molar-refractivity contribution in [3.63, 3.8) is 0 Å². The number of para-hydroxylation sites is 2. The molecule has 0 unspecified atom stereocenters. The predicted molar refractivity (Wildman–Crippen MR) is 112 cm³/mol. The minimum absolute atomic E-state index is 0.0570. The van der Waals surface area contributed by atoms with Gasteiger partial charge in [0.2, 0.25) is 0 Å². The Morgan fingerprint density at radius 2 is 1.87 bits per heavy atom. The Hall–Kier alpha value is -3.28. The molecule has 154 valence electrons. The van der Waals surface area contributed by atoms with E-state index in [0.717, 1.165) is 31.4 Å². The highest BCUT2D eigenvalue weighted by Crippen LogP contribution is 2.39. The maximum Gasteiger partial charge on any atom is 0.349 e. The molecule has 1 spiro atoms. The normalized spacial score (nSPS) is 17.4. The smallest absolute Gasteiger partial charge is 0.349 e. The maximum atomic E-state index is 13.1. The molecule has 6 heteroatoms. The van der Waals surface area contributed by atoms with Crippen LogP contribution in [0, 0.1) is 0 Å². The number of likely N-dealkylation sites (tertiary alicyclic amines) is 1. The molecule has 3 aromatic rings.